The van der Waals surface area contributed by atoms with Crippen molar-refractivity contribution in [3.8, 4) is 0 Å². The van der Waals surface area contributed by atoms with E-state index in [-0.39, 0.29) is 0 Å². The SMILES string of the molecule is CCc1nn(C)cc1CNc1ncc2ccccc2n1. The highest BCUT2D eigenvalue weighted by Gasteiger charge is 2.06. The van der Waals surface area contributed by atoms with E-state index in [2.05, 4.69) is 27.3 Å². The number of rotatable bonds is 4. The number of fused-ring (bicyclic) bond motifs is 1. The summed E-state index contributed by atoms with van der Waals surface area (Å²) in [5.74, 6) is 0.648. The van der Waals surface area contributed by atoms with Crippen molar-refractivity contribution in [1.82, 2.24) is 19.7 Å². The summed E-state index contributed by atoms with van der Waals surface area (Å²) >= 11 is 0. The van der Waals surface area contributed by atoms with Gasteiger partial charge in [-0.3, -0.25) is 4.68 Å². The van der Waals surface area contributed by atoms with E-state index < -0.39 is 0 Å². The Kier molecular flexibility index (Phi) is 3.33. The van der Waals surface area contributed by atoms with E-state index in [0.29, 0.717) is 12.5 Å². The van der Waals surface area contributed by atoms with Crippen LogP contribution >= 0.6 is 0 Å². The smallest absolute Gasteiger partial charge is 0.223 e. The fourth-order valence-electron chi connectivity index (χ4n) is 2.26. The number of aromatic nitrogens is 4. The van der Waals surface area contributed by atoms with Gasteiger partial charge in [-0.25, -0.2) is 9.97 Å². The summed E-state index contributed by atoms with van der Waals surface area (Å²) in [6.45, 7) is 2.80. The monoisotopic (exact) mass is 267 g/mol. The molecule has 5 nitrogen and oxygen atoms in total. The summed E-state index contributed by atoms with van der Waals surface area (Å²) < 4.78 is 1.84. The van der Waals surface area contributed by atoms with Crippen LogP contribution in [0.4, 0.5) is 5.95 Å². The Morgan fingerprint density at radius 1 is 1.25 bits per heavy atom. The number of benzene rings is 1. The summed E-state index contributed by atoms with van der Waals surface area (Å²) in [7, 11) is 1.94. The number of hydrogen-bond donors (Lipinski definition) is 1. The Labute approximate surface area is 117 Å². The van der Waals surface area contributed by atoms with Gasteiger partial charge in [0.05, 0.1) is 11.2 Å². The third kappa shape index (κ3) is 2.47. The first-order valence-corrected chi connectivity index (χ1v) is 6.73. The number of aryl methyl sites for hydroxylation is 2. The van der Waals surface area contributed by atoms with Crippen LogP contribution in [0.25, 0.3) is 10.9 Å². The van der Waals surface area contributed by atoms with Crippen molar-refractivity contribution >= 4 is 16.9 Å². The average Bonchev–Trinajstić information content (AvgIpc) is 2.85. The second-order valence-corrected chi connectivity index (χ2v) is 4.73. The zero-order valence-corrected chi connectivity index (χ0v) is 11.7. The van der Waals surface area contributed by atoms with Crippen LogP contribution in [0.3, 0.4) is 0 Å². The molecule has 0 spiro atoms. The standard InChI is InChI=1S/C15H17N5/c1-3-13-12(10-20(2)19-13)9-17-15-16-8-11-6-4-5-7-14(11)18-15/h4-8,10H,3,9H2,1-2H3,(H,16,17,18). The molecule has 0 atom stereocenters. The van der Waals surface area contributed by atoms with E-state index in [0.717, 1.165) is 23.0 Å². The van der Waals surface area contributed by atoms with E-state index in [1.54, 1.807) is 0 Å². The molecule has 0 aliphatic rings. The molecule has 0 saturated heterocycles. The Morgan fingerprint density at radius 2 is 2.10 bits per heavy atom. The summed E-state index contributed by atoms with van der Waals surface area (Å²) in [4.78, 5) is 8.84. The Balaban J connectivity index is 1.79. The van der Waals surface area contributed by atoms with E-state index in [1.807, 2.05) is 48.4 Å². The molecule has 3 aromatic rings. The minimum Gasteiger partial charge on any atom is -0.350 e. The van der Waals surface area contributed by atoms with Gasteiger partial charge in [-0.2, -0.15) is 5.10 Å². The zero-order chi connectivity index (χ0) is 13.9. The lowest BCUT2D eigenvalue weighted by molar-refractivity contribution is 0.746. The predicted octanol–water partition coefficient (Wildman–Crippen LogP) is 2.54. The van der Waals surface area contributed by atoms with Crippen molar-refractivity contribution in [3.63, 3.8) is 0 Å². The molecule has 1 N–H and O–H groups in total. The van der Waals surface area contributed by atoms with Crippen molar-refractivity contribution in [2.24, 2.45) is 7.05 Å². The highest BCUT2D eigenvalue weighted by molar-refractivity contribution is 5.78. The van der Waals surface area contributed by atoms with Crippen molar-refractivity contribution < 1.29 is 0 Å². The predicted molar refractivity (Wildman–Crippen MR) is 79.5 cm³/mol. The Bertz CT molecular complexity index is 732. The van der Waals surface area contributed by atoms with Gasteiger partial charge in [0.25, 0.3) is 0 Å². The van der Waals surface area contributed by atoms with Gasteiger partial charge in [-0.15, -0.1) is 0 Å². The molecule has 0 fully saturated rings. The minimum atomic E-state index is 0.648. The van der Waals surface area contributed by atoms with Crippen molar-refractivity contribution in [1.29, 1.82) is 0 Å². The molecule has 20 heavy (non-hydrogen) atoms. The number of anilines is 1. The maximum absolute atomic E-state index is 4.50. The van der Waals surface area contributed by atoms with Gasteiger partial charge in [-0.05, 0) is 12.5 Å². The highest BCUT2D eigenvalue weighted by atomic mass is 15.3. The van der Waals surface area contributed by atoms with Gasteiger partial charge >= 0.3 is 0 Å². The molecule has 0 bridgehead atoms. The first kappa shape index (κ1) is 12.6. The van der Waals surface area contributed by atoms with E-state index in [9.17, 15) is 0 Å². The molecule has 0 saturated carbocycles. The highest BCUT2D eigenvalue weighted by Crippen LogP contribution is 2.13. The fourth-order valence-corrected chi connectivity index (χ4v) is 2.26. The topological polar surface area (TPSA) is 55.6 Å². The molecule has 2 heterocycles. The lowest BCUT2D eigenvalue weighted by Gasteiger charge is -2.05. The number of nitrogens with one attached hydrogen (secondary N) is 1. The molecule has 5 heteroatoms. The van der Waals surface area contributed by atoms with E-state index >= 15 is 0 Å². The van der Waals surface area contributed by atoms with E-state index in [1.165, 1.54) is 5.56 Å². The van der Waals surface area contributed by atoms with Crippen molar-refractivity contribution in [3.05, 3.63) is 47.9 Å². The van der Waals surface area contributed by atoms with Crippen LogP contribution < -0.4 is 5.32 Å². The lowest BCUT2D eigenvalue weighted by atomic mass is 10.2. The maximum atomic E-state index is 4.50. The molecule has 2 aromatic heterocycles. The van der Waals surface area contributed by atoms with Gasteiger partial charge in [0.1, 0.15) is 0 Å². The molecular formula is C15H17N5. The van der Waals surface area contributed by atoms with Crippen molar-refractivity contribution in [2.75, 3.05) is 5.32 Å². The van der Waals surface area contributed by atoms with Crippen LogP contribution in [0.1, 0.15) is 18.2 Å². The van der Waals surface area contributed by atoms with Gasteiger partial charge in [-0.1, -0.05) is 25.1 Å². The van der Waals surface area contributed by atoms with Crippen LogP contribution in [0, 0.1) is 0 Å². The first-order chi connectivity index (χ1) is 9.76. The fraction of sp³-hybridized carbons (Fsp3) is 0.267. The average molecular weight is 267 g/mol. The van der Waals surface area contributed by atoms with Crippen LogP contribution in [-0.4, -0.2) is 19.7 Å². The van der Waals surface area contributed by atoms with Gasteiger partial charge in [0.2, 0.25) is 5.95 Å². The van der Waals surface area contributed by atoms with Crippen LogP contribution in [0.5, 0.6) is 0 Å². The molecule has 3 rings (SSSR count). The molecule has 0 aliphatic carbocycles. The summed E-state index contributed by atoms with van der Waals surface area (Å²) in [5.41, 5.74) is 3.25. The first-order valence-electron chi connectivity index (χ1n) is 6.73. The summed E-state index contributed by atoms with van der Waals surface area (Å²) in [6.07, 6.45) is 4.80. The van der Waals surface area contributed by atoms with Crippen LogP contribution in [0.15, 0.2) is 36.7 Å². The number of para-hydroxylation sites is 1. The molecule has 102 valence electrons. The molecule has 1 aromatic carbocycles. The van der Waals surface area contributed by atoms with Gasteiger partial charge < -0.3 is 5.32 Å². The van der Waals surface area contributed by atoms with Crippen LogP contribution in [0.2, 0.25) is 0 Å². The van der Waals surface area contributed by atoms with Crippen LogP contribution in [-0.2, 0) is 20.0 Å². The second-order valence-electron chi connectivity index (χ2n) is 4.73. The summed E-state index contributed by atoms with van der Waals surface area (Å²) in [5, 5.41) is 8.74. The third-order valence-corrected chi connectivity index (χ3v) is 3.25. The molecular weight excluding hydrogens is 250 g/mol. The number of hydrogen-bond acceptors (Lipinski definition) is 4. The number of nitrogens with zero attached hydrogens (tertiary/aromatic N) is 4. The molecule has 0 aliphatic heterocycles. The molecule has 0 amide bonds. The normalized spacial score (nSPS) is 10.9. The lowest BCUT2D eigenvalue weighted by Crippen LogP contribution is -2.04. The maximum Gasteiger partial charge on any atom is 0.223 e. The largest absolute Gasteiger partial charge is 0.350 e. The van der Waals surface area contributed by atoms with Crippen molar-refractivity contribution in [2.45, 2.75) is 19.9 Å². The summed E-state index contributed by atoms with van der Waals surface area (Å²) in [6, 6.07) is 7.97. The van der Waals surface area contributed by atoms with E-state index in [4.69, 9.17) is 0 Å². The minimum absolute atomic E-state index is 0.648. The Morgan fingerprint density at radius 3 is 2.95 bits per heavy atom. The quantitative estimate of drug-likeness (QED) is 0.789. The molecule has 0 radical (unpaired) electrons. The zero-order valence-electron chi connectivity index (χ0n) is 11.7. The molecule has 0 unspecified atom stereocenters. The van der Waals surface area contributed by atoms with Gasteiger partial charge in [0.15, 0.2) is 0 Å². The Hall–Kier alpha value is -2.43. The third-order valence-electron chi connectivity index (χ3n) is 3.25. The van der Waals surface area contributed by atoms with Gasteiger partial charge in [0, 0.05) is 36.9 Å². The second kappa shape index (κ2) is 5.28.